The van der Waals surface area contributed by atoms with E-state index >= 15 is 0 Å². The molecule has 0 aromatic heterocycles. The Labute approximate surface area is 305 Å². The van der Waals surface area contributed by atoms with Gasteiger partial charge in [-0.1, -0.05) is 182 Å². The van der Waals surface area contributed by atoms with Crippen LogP contribution in [0, 0.1) is 17.8 Å². The fourth-order valence-electron chi connectivity index (χ4n) is 11.6. The van der Waals surface area contributed by atoms with Gasteiger partial charge in [-0.25, -0.2) is 0 Å². The zero-order valence-corrected chi connectivity index (χ0v) is 28.8. The first-order valence-electron chi connectivity index (χ1n) is 18.9. The van der Waals surface area contributed by atoms with Gasteiger partial charge in [0.1, 0.15) is 0 Å². The number of hydrogen-bond donors (Lipinski definition) is 0. The molecule has 0 radical (unpaired) electrons. The van der Waals surface area contributed by atoms with Crippen molar-refractivity contribution in [2.75, 3.05) is 0 Å². The third-order valence-corrected chi connectivity index (χ3v) is 13.4. The minimum atomic E-state index is -0.542. The Morgan fingerprint density at radius 3 is 1.83 bits per heavy atom. The summed E-state index contributed by atoms with van der Waals surface area (Å²) in [5.41, 5.74) is 17.9. The summed E-state index contributed by atoms with van der Waals surface area (Å²) in [4.78, 5) is 0. The van der Waals surface area contributed by atoms with E-state index in [9.17, 15) is 0 Å². The van der Waals surface area contributed by atoms with Crippen LogP contribution in [0.1, 0.15) is 45.4 Å². The monoisotopic (exact) mass is 660 g/mol. The molecule has 0 spiro atoms. The SMILES string of the molecule is C1=CC2C=CC3=C4C5=C6c7c(cc8ccccc8c7C(c7ccccc7)(c7ccccc7)C5=CC(=C1)C42)C(c1ccccc1)(c1ccccc1)C6C3. The molecule has 12 rings (SSSR count). The van der Waals surface area contributed by atoms with Crippen LogP contribution >= 0.6 is 0 Å². The first kappa shape index (κ1) is 28.7. The van der Waals surface area contributed by atoms with Crippen molar-refractivity contribution in [1.29, 1.82) is 0 Å². The van der Waals surface area contributed by atoms with Crippen molar-refractivity contribution in [1.82, 2.24) is 0 Å². The molecular weight excluding hydrogens is 625 g/mol. The summed E-state index contributed by atoms with van der Waals surface area (Å²) in [6.45, 7) is 0. The molecule has 0 amide bonds. The second-order valence-corrected chi connectivity index (χ2v) is 15.4. The molecule has 6 aliphatic carbocycles. The highest BCUT2D eigenvalue weighted by Crippen LogP contribution is 2.72. The molecule has 6 aromatic carbocycles. The zero-order valence-electron chi connectivity index (χ0n) is 28.8. The third-order valence-electron chi connectivity index (χ3n) is 13.4. The van der Waals surface area contributed by atoms with Gasteiger partial charge in [-0.3, -0.25) is 0 Å². The number of rotatable bonds is 4. The Morgan fingerprint density at radius 1 is 0.577 bits per heavy atom. The normalized spacial score (nSPS) is 23.3. The van der Waals surface area contributed by atoms with E-state index in [1.165, 1.54) is 72.0 Å². The van der Waals surface area contributed by atoms with Crippen LogP contribution in [0.25, 0.3) is 16.3 Å². The summed E-state index contributed by atoms with van der Waals surface area (Å²) in [6, 6.07) is 57.7. The molecule has 0 fully saturated rings. The van der Waals surface area contributed by atoms with E-state index in [0.717, 1.165) is 6.42 Å². The number of benzene rings is 6. The van der Waals surface area contributed by atoms with Gasteiger partial charge in [0.05, 0.1) is 10.8 Å². The molecule has 3 atom stereocenters. The number of hydrogen-bond acceptors (Lipinski definition) is 0. The first-order chi connectivity index (χ1) is 25.8. The van der Waals surface area contributed by atoms with Crippen molar-refractivity contribution in [2.24, 2.45) is 17.8 Å². The summed E-state index contributed by atoms with van der Waals surface area (Å²) >= 11 is 0. The third kappa shape index (κ3) is 3.35. The largest absolute Gasteiger partial charge is 0.0767 e. The van der Waals surface area contributed by atoms with E-state index in [1.54, 1.807) is 11.1 Å². The summed E-state index contributed by atoms with van der Waals surface area (Å²) in [7, 11) is 0. The maximum Gasteiger partial charge on any atom is 0.0719 e. The van der Waals surface area contributed by atoms with Crippen molar-refractivity contribution < 1.29 is 0 Å². The molecule has 0 heterocycles. The Hall–Kier alpha value is -5.98. The van der Waals surface area contributed by atoms with Gasteiger partial charge in [0.15, 0.2) is 0 Å². The fourth-order valence-corrected chi connectivity index (χ4v) is 11.6. The maximum absolute atomic E-state index is 2.64. The van der Waals surface area contributed by atoms with Crippen LogP contribution in [0.4, 0.5) is 0 Å². The summed E-state index contributed by atoms with van der Waals surface area (Å²) in [6.07, 6.45) is 15.8. The van der Waals surface area contributed by atoms with Gasteiger partial charge < -0.3 is 0 Å². The van der Waals surface area contributed by atoms with Gasteiger partial charge in [0, 0.05) is 17.8 Å². The van der Waals surface area contributed by atoms with Crippen LogP contribution < -0.4 is 0 Å². The Bertz CT molecular complexity index is 2600. The highest BCUT2D eigenvalue weighted by atomic mass is 14.6. The average molecular weight is 661 g/mol. The lowest BCUT2D eigenvalue weighted by Gasteiger charge is -2.52. The molecule has 0 nitrogen and oxygen atoms in total. The van der Waals surface area contributed by atoms with E-state index in [1.807, 2.05) is 0 Å². The highest BCUT2D eigenvalue weighted by molar-refractivity contribution is 6.05. The average Bonchev–Trinajstić information content (AvgIpc) is 3.51. The van der Waals surface area contributed by atoms with Crippen molar-refractivity contribution in [3.05, 3.63) is 255 Å². The van der Waals surface area contributed by atoms with E-state index in [4.69, 9.17) is 0 Å². The Balaban J connectivity index is 1.38. The van der Waals surface area contributed by atoms with E-state index in [0.29, 0.717) is 11.8 Å². The highest BCUT2D eigenvalue weighted by Gasteiger charge is 2.62. The van der Waals surface area contributed by atoms with Gasteiger partial charge in [-0.05, 0) is 95.6 Å². The van der Waals surface area contributed by atoms with Crippen molar-refractivity contribution in [3.8, 4) is 0 Å². The smallest absolute Gasteiger partial charge is 0.0719 e. The van der Waals surface area contributed by atoms with Crippen molar-refractivity contribution in [2.45, 2.75) is 17.3 Å². The van der Waals surface area contributed by atoms with Gasteiger partial charge in [0.2, 0.25) is 0 Å². The summed E-state index contributed by atoms with van der Waals surface area (Å²) < 4.78 is 0. The van der Waals surface area contributed by atoms with E-state index < -0.39 is 5.41 Å². The summed E-state index contributed by atoms with van der Waals surface area (Å²) in [5, 5.41) is 2.65. The minimum absolute atomic E-state index is 0.232. The minimum Gasteiger partial charge on any atom is -0.0767 e. The molecule has 0 bridgehead atoms. The lowest BCUT2D eigenvalue weighted by molar-refractivity contribution is 0.463. The molecule has 0 heteroatoms. The molecule has 244 valence electrons. The van der Waals surface area contributed by atoms with Gasteiger partial charge >= 0.3 is 0 Å². The molecule has 0 saturated carbocycles. The molecule has 6 aliphatic rings. The van der Waals surface area contributed by atoms with Crippen molar-refractivity contribution in [3.63, 3.8) is 0 Å². The molecule has 6 aromatic rings. The quantitative estimate of drug-likeness (QED) is 0.177. The predicted molar refractivity (Wildman–Crippen MR) is 213 cm³/mol. The van der Waals surface area contributed by atoms with Crippen LogP contribution in [0.2, 0.25) is 0 Å². The zero-order chi connectivity index (χ0) is 34.0. The van der Waals surface area contributed by atoms with Crippen molar-refractivity contribution >= 4 is 16.3 Å². The molecule has 0 aliphatic heterocycles. The second-order valence-electron chi connectivity index (χ2n) is 15.4. The second kappa shape index (κ2) is 10.3. The first-order valence-corrected chi connectivity index (χ1v) is 18.9. The van der Waals surface area contributed by atoms with Crippen LogP contribution in [-0.2, 0) is 10.8 Å². The molecule has 0 saturated heterocycles. The standard InChI is InChI=1S/C52H36/c1-5-19-37(20-6-1)51(38-21-7-2-8-22-38)42-32-36-29-28-33-17-15-18-35-31-43-47(46(36)45(33)35)48(42)49-44(51)30-34-16-13-14-27-41(34)50(49)52(43,39-23-9-3-10-24-39)40-25-11-4-12-26-40/h1-31,33,42,45H,32H2. The molecule has 0 N–H and O–H groups in total. The molecule has 52 heavy (non-hydrogen) atoms. The molecular formula is C52H36. The van der Waals surface area contributed by atoms with E-state index in [2.05, 4.69) is 188 Å². The fraction of sp³-hybridized carbons (Fsp3) is 0.115. The molecule has 3 unspecified atom stereocenters. The number of fused-ring (bicyclic) bond motifs is 2. The van der Waals surface area contributed by atoms with E-state index in [-0.39, 0.29) is 11.3 Å². The topological polar surface area (TPSA) is 0 Å². The lowest BCUT2D eigenvalue weighted by Crippen LogP contribution is -2.42. The maximum atomic E-state index is 2.64. The van der Waals surface area contributed by atoms with Gasteiger partial charge in [-0.15, -0.1) is 0 Å². The Kier molecular flexibility index (Phi) is 5.68. The number of allylic oxidation sites excluding steroid dienone is 12. The lowest BCUT2D eigenvalue weighted by atomic mass is 9.50. The van der Waals surface area contributed by atoms with Gasteiger partial charge in [-0.2, -0.15) is 0 Å². The predicted octanol–water partition coefficient (Wildman–Crippen LogP) is 11.8. The van der Waals surface area contributed by atoms with Crippen LogP contribution in [0.15, 0.2) is 216 Å². The van der Waals surface area contributed by atoms with Crippen LogP contribution in [0.3, 0.4) is 0 Å². The Morgan fingerprint density at radius 2 is 1.17 bits per heavy atom. The van der Waals surface area contributed by atoms with Gasteiger partial charge in [0.25, 0.3) is 0 Å². The van der Waals surface area contributed by atoms with Crippen LogP contribution in [-0.4, -0.2) is 0 Å². The van der Waals surface area contributed by atoms with Crippen LogP contribution in [0.5, 0.6) is 0 Å². The summed E-state index contributed by atoms with van der Waals surface area (Å²) in [5.74, 6) is 0.946.